The predicted molar refractivity (Wildman–Crippen MR) is 113 cm³/mol. The highest BCUT2D eigenvalue weighted by Gasteiger charge is 2.68. The Kier molecular flexibility index (Phi) is 4.87. The number of aromatic nitrogens is 4. The van der Waals surface area contributed by atoms with Crippen molar-refractivity contribution in [1.29, 1.82) is 0 Å². The van der Waals surface area contributed by atoms with Crippen LogP contribution < -0.4 is 11.1 Å². The number of hydrogen-bond acceptors (Lipinski definition) is 8. The first-order valence-electron chi connectivity index (χ1n) is 10.1. The van der Waals surface area contributed by atoms with Gasteiger partial charge in [-0.25, -0.2) is 15.0 Å². The van der Waals surface area contributed by atoms with E-state index in [2.05, 4.69) is 54.1 Å². The number of carbonyl (C=O) groups is 2. The van der Waals surface area contributed by atoms with E-state index in [-0.39, 0.29) is 29.8 Å². The number of carboxylic acid groups (broad SMARTS) is 1. The Hall–Kier alpha value is -2.57. The fraction of sp³-hybridized carbons (Fsp3) is 0.632. The average Bonchev–Trinajstić information content (AvgIpc) is 3.16. The molecule has 0 aliphatic carbocycles. The summed E-state index contributed by atoms with van der Waals surface area (Å²) in [6.45, 7) is 10.8. The first kappa shape index (κ1) is 21.7. The lowest BCUT2D eigenvalue weighted by Gasteiger charge is -2.47. The van der Waals surface area contributed by atoms with Gasteiger partial charge in [0.25, 0.3) is 0 Å². The maximum atomic E-state index is 12.6. The summed E-state index contributed by atoms with van der Waals surface area (Å²) < 4.78 is 14.3. The highest BCUT2D eigenvalue weighted by atomic mass is 28.4. The molecule has 0 bridgehead atoms. The van der Waals surface area contributed by atoms with Gasteiger partial charge in [-0.15, -0.1) is 0 Å². The Morgan fingerprint density at radius 3 is 2.71 bits per heavy atom. The summed E-state index contributed by atoms with van der Waals surface area (Å²) >= 11 is 0. The average molecular weight is 449 g/mol. The third-order valence-electron chi connectivity index (χ3n) is 6.86. The molecule has 11 nitrogen and oxygen atoms in total. The Bertz CT molecular complexity index is 1050. The fourth-order valence-electron chi connectivity index (χ4n) is 4.06. The van der Waals surface area contributed by atoms with Gasteiger partial charge in [-0.05, 0) is 18.1 Å². The van der Waals surface area contributed by atoms with Crippen LogP contribution in [0.3, 0.4) is 0 Å². The summed E-state index contributed by atoms with van der Waals surface area (Å²) in [6, 6.07) is 0. The van der Waals surface area contributed by atoms with Gasteiger partial charge in [0, 0.05) is 0 Å². The zero-order chi connectivity index (χ0) is 22.8. The molecule has 2 saturated heterocycles. The van der Waals surface area contributed by atoms with Crippen molar-refractivity contribution in [2.75, 3.05) is 12.3 Å². The number of nitrogens with one attached hydrogen (secondary N) is 1. The van der Waals surface area contributed by atoms with Gasteiger partial charge in [-0.1, -0.05) is 20.8 Å². The molecule has 4 heterocycles. The lowest BCUT2D eigenvalue weighted by molar-refractivity contribution is -0.149. The van der Waals surface area contributed by atoms with Crippen LogP contribution in [0, 0.1) is 5.92 Å². The maximum Gasteiger partial charge on any atom is 0.305 e. The molecule has 2 aromatic rings. The number of β-lactam (4-membered cyclic amide) rings is 1. The predicted octanol–water partition coefficient (Wildman–Crippen LogP) is 1.29. The van der Waals surface area contributed by atoms with Gasteiger partial charge in [0.1, 0.15) is 23.9 Å². The summed E-state index contributed by atoms with van der Waals surface area (Å²) in [7, 11) is -2.13. The van der Waals surface area contributed by atoms with E-state index in [9.17, 15) is 14.7 Å². The van der Waals surface area contributed by atoms with Crippen molar-refractivity contribution in [3.63, 3.8) is 0 Å². The number of carboxylic acids is 1. The molecule has 2 aliphatic rings. The lowest BCUT2D eigenvalue weighted by atomic mass is 9.71. The number of nitrogen functional groups attached to an aromatic ring is 1. The van der Waals surface area contributed by atoms with Gasteiger partial charge in [0.15, 0.2) is 26.0 Å². The third kappa shape index (κ3) is 3.29. The highest BCUT2D eigenvalue weighted by Crippen LogP contribution is 2.51. The van der Waals surface area contributed by atoms with Crippen molar-refractivity contribution in [3.8, 4) is 0 Å². The highest BCUT2D eigenvalue weighted by molar-refractivity contribution is 6.74. The molecule has 12 heteroatoms. The van der Waals surface area contributed by atoms with E-state index in [1.54, 1.807) is 4.57 Å². The monoisotopic (exact) mass is 448 g/mol. The molecular weight excluding hydrogens is 420 g/mol. The fourth-order valence-corrected chi connectivity index (χ4v) is 5.06. The molecule has 2 fully saturated rings. The van der Waals surface area contributed by atoms with E-state index in [0.29, 0.717) is 11.2 Å². The Morgan fingerprint density at radius 1 is 1.39 bits per heavy atom. The molecule has 0 aromatic carbocycles. The number of imidazole rings is 1. The van der Waals surface area contributed by atoms with Gasteiger partial charge >= 0.3 is 5.97 Å². The smallest absolute Gasteiger partial charge is 0.305 e. The van der Waals surface area contributed by atoms with Gasteiger partial charge in [0.05, 0.1) is 24.9 Å². The Labute approximate surface area is 180 Å². The van der Waals surface area contributed by atoms with Crippen LogP contribution in [-0.2, 0) is 18.8 Å². The quantitative estimate of drug-likeness (QED) is 0.438. The zero-order valence-electron chi connectivity index (χ0n) is 18.2. The van der Waals surface area contributed by atoms with Crippen molar-refractivity contribution >= 4 is 37.2 Å². The number of aliphatic carboxylic acids is 1. The van der Waals surface area contributed by atoms with Crippen LogP contribution in [0.25, 0.3) is 11.2 Å². The molecule has 168 valence electrons. The van der Waals surface area contributed by atoms with Gasteiger partial charge < -0.3 is 25.3 Å². The molecular formula is C19H28N6O5Si. The summed E-state index contributed by atoms with van der Waals surface area (Å²) in [5, 5.41) is 12.4. The van der Waals surface area contributed by atoms with E-state index in [1.807, 2.05) is 0 Å². The van der Waals surface area contributed by atoms with E-state index < -0.39 is 38.1 Å². The standard InChI is InChI=1S/C19H28N6O5Si/c1-18(2,3)31(4,5)29-7-10-19(6-11(26)27)12(16(28)24-19)17(30-10)25-9-23-13-14(20)21-8-22-15(13)25/h8-10,12,17H,6-7H2,1-5H3,(H,24,28)(H,26,27)(H2,20,21,22)/t10-,12+,17-,19?/m1/s1. The summed E-state index contributed by atoms with van der Waals surface area (Å²) in [5.41, 5.74) is 5.64. The minimum atomic E-state index is -2.13. The van der Waals surface area contributed by atoms with Gasteiger partial charge in [0.2, 0.25) is 5.91 Å². The molecule has 0 saturated carbocycles. The molecule has 0 radical (unpaired) electrons. The molecule has 2 aliphatic heterocycles. The second kappa shape index (κ2) is 6.97. The summed E-state index contributed by atoms with van der Waals surface area (Å²) in [4.78, 5) is 36.7. The Balaban J connectivity index is 1.70. The van der Waals surface area contributed by atoms with Crippen LogP contribution in [0.15, 0.2) is 12.7 Å². The molecule has 4 rings (SSSR count). The van der Waals surface area contributed by atoms with Crippen molar-refractivity contribution in [2.24, 2.45) is 5.92 Å². The van der Waals surface area contributed by atoms with E-state index in [0.717, 1.165) is 0 Å². The second-order valence-electron chi connectivity index (χ2n) is 9.75. The van der Waals surface area contributed by atoms with Crippen LogP contribution in [0.2, 0.25) is 18.1 Å². The largest absolute Gasteiger partial charge is 0.481 e. The summed E-state index contributed by atoms with van der Waals surface area (Å²) in [5.74, 6) is -1.79. The van der Waals surface area contributed by atoms with Crippen molar-refractivity contribution in [1.82, 2.24) is 24.8 Å². The molecule has 1 unspecified atom stereocenters. The van der Waals surface area contributed by atoms with Crippen LogP contribution in [-0.4, -0.2) is 63.1 Å². The minimum Gasteiger partial charge on any atom is -0.481 e. The van der Waals surface area contributed by atoms with E-state index in [4.69, 9.17) is 14.9 Å². The normalized spacial score (nSPS) is 28.3. The number of nitrogens with zero attached hydrogens (tertiary/aromatic N) is 4. The molecule has 31 heavy (non-hydrogen) atoms. The third-order valence-corrected chi connectivity index (χ3v) is 11.4. The van der Waals surface area contributed by atoms with E-state index >= 15 is 0 Å². The van der Waals surface area contributed by atoms with Crippen LogP contribution in [0.4, 0.5) is 5.82 Å². The first-order chi connectivity index (χ1) is 14.4. The number of fused-ring (bicyclic) bond motifs is 2. The van der Waals surface area contributed by atoms with Crippen molar-refractivity contribution in [2.45, 2.75) is 63.2 Å². The van der Waals surface area contributed by atoms with E-state index in [1.165, 1.54) is 12.7 Å². The number of nitrogens with two attached hydrogens (primary N) is 1. The lowest BCUT2D eigenvalue weighted by Crippen LogP contribution is -2.73. The number of rotatable bonds is 6. The molecule has 4 N–H and O–H groups in total. The number of amides is 1. The molecule has 0 spiro atoms. The molecule has 1 amide bonds. The topological polar surface area (TPSA) is 154 Å². The second-order valence-corrected chi connectivity index (χ2v) is 14.6. The number of anilines is 1. The van der Waals surface area contributed by atoms with Crippen LogP contribution in [0.5, 0.6) is 0 Å². The zero-order valence-corrected chi connectivity index (χ0v) is 19.2. The van der Waals surface area contributed by atoms with Crippen molar-refractivity contribution in [3.05, 3.63) is 12.7 Å². The first-order valence-corrected chi connectivity index (χ1v) is 13.0. The van der Waals surface area contributed by atoms with Crippen LogP contribution >= 0.6 is 0 Å². The van der Waals surface area contributed by atoms with Crippen LogP contribution in [0.1, 0.15) is 33.4 Å². The van der Waals surface area contributed by atoms with Crippen molar-refractivity contribution < 1.29 is 23.9 Å². The summed E-state index contributed by atoms with van der Waals surface area (Å²) in [6.07, 6.45) is 1.13. The number of ether oxygens (including phenoxy) is 1. The minimum absolute atomic E-state index is 0.0256. The van der Waals surface area contributed by atoms with Gasteiger partial charge in [-0.2, -0.15) is 0 Å². The molecule has 4 atom stereocenters. The molecule has 2 aromatic heterocycles. The van der Waals surface area contributed by atoms with Gasteiger partial charge in [-0.3, -0.25) is 14.2 Å². The number of hydrogen-bond donors (Lipinski definition) is 3. The maximum absolute atomic E-state index is 12.6. The number of carbonyl (C=O) groups excluding carboxylic acids is 1. The SMILES string of the molecule is CC(C)(C)[Si](C)(C)OC[C@H]1O[C@@H](n2cnc3c(N)ncnc32)[C@@H]2C(=O)NC12CC(=O)O. The Morgan fingerprint density at radius 2 is 2.10 bits per heavy atom.